The Bertz CT molecular complexity index is 628. The number of carbonyl (C=O) groups excluding carboxylic acids is 1. The summed E-state index contributed by atoms with van der Waals surface area (Å²) in [6.45, 7) is 2.48. The molecule has 1 saturated heterocycles. The number of amides is 1. The lowest BCUT2D eigenvalue weighted by Crippen LogP contribution is -2.36. The first-order valence-corrected chi connectivity index (χ1v) is 7.32. The Morgan fingerprint density at radius 2 is 2.18 bits per heavy atom. The molecule has 1 fully saturated rings. The summed E-state index contributed by atoms with van der Waals surface area (Å²) in [5.41, 5.74) is 1.68. The Kier molecular flexibility index (Phi) is 4.43. The van der Waals surface area contributed by atoms with E-state index in [1.165, 1.54) is 6.33 Å². The van der Waals surface area contributed by atoms with E-state index in [2.05, 4.69) is 15.1 Å². The molecular formula is C15H19N5O2. The van der Waals surface area contributed by atoms with Crippen LogP contribution in [0.5, 0.6) is 0 Å². The largest absolute Gasteiger partial charge is 0.379 e. The molecule has 3 rings (SSSR count). The fourth-order valence-electron chi connectivity index (χ4n) is 2.67. The van der Waals surface area contributed by atoms with Gasteiger partial charge in [-0.3, -0.25) is 9.48 Å². The molecular weight excluding hydrogens is 282 g/mol. The first-order valence-electron chi connectivity index (χ1n) is 7.32. The Morgan fingerprint density at radius 3 is 2.91 bits per heavy atom. The van der Waals surface area contributed by atoms with Crippen LogP contribution < -0.4 is 0 Å². The minimum absolute atomic E-state index is 0.00733. The van der Waals surface area contributed by atoms with Crippen LogP contribution in [0.2, 0.25) is 0 Å². The average Bonchev–Trinajstić information content (AvgIpc) is 2.83. The SMILES string of the molecule is Cn1cc(C(=O)N2CCOCC(Cc3cncnc3)C2)cn1. The molecule has 0 bridgehead atoms. The standard InChI is InChI=1S/C15H19N5O2/c1-19-9-14(7-18-19)15(21)20-2-3-22-10-13(8-20)4-12-5-16-11-17-6-12/h5-7,9,11,13H,2-4,8,10H2,1H3. The van der Waals surface area contributed by atoms with Crippen molar-refractivity contribution in [1.82, 2.24) is 24.6 Å². The van der Waals surface area contributed by atoms with Crippen molar-refractivity contribution in [3.8, 4) is 0 Å². The molecule has 0 radical (unpaired) electrons. The van der Waals surface area contributed by atoms with Crippen LogP contribution in [0.15, 0.2) is 31.1 Å². The summed E-state index contributed by atoms with van der Waals surface area (Å²) in [6, 6.07) is 0. The Morgan fingerprint density at radius 1 is 1.36 bits per heavy atom. The Labute approximate surface area is 128 Å². The van der Waals surface area contributed by atoms with Crippen LogP contribution in [0.25, 0.3) is 0 Å². The van der Waals surface area contributed by atoms with Gasteiger partial charge < -0.3 is 9.64 Å². The number of hydrogen-bond acceptors (Lipinski definition) is 5. The number of aryl methyl sites for hydroxylation is 1. The Balaban J connectivity index is 1.68. The highest BCUT2D eigenvalue weighted by atomic mass is 16.5. The van der Waals surface area contributed by atoms with E-state index in [-0.39, 0.29) is 11.8 Å². The second kappa shape index (κ2) is 6.65. The van der Waals surface area contributed by atoms with Crippen LogP contribution in [0.4, 0.5) is 0 Å². The maximum Gasteiger partial charge on any atom is 0.257 e. The third kappa shape index (κ3) is 3.48. The van der Waals surface area contributed by atoms with Gasteiger partial charge in [0, 0.05) is 44.6 Å². The average molecular weight is 301 g/mol. The molecule has 7 nitrogen and oxygen atoms in total. The number of ether oxygens (including phenoxy) is 1. The van der Waals surface area contributed by atoms with Gasteiger partial charge in [0.2, 0.25) is 0 Å². The number of rotatable bonds is 3. The second-order valence-corrected chi connectivity index (χ2v) is 5.55. The van der Waals surface area contributed by atoms with Gasteiger partial charge in [0.05, 0.1) is 25.0 Å². The van der Waals surface area contributed by atoms with Crippen LogP contribution in [0, 0.1) is 5.92 Å². The molecule has 0 N–H and O–H groups in total. The zero-order chi connectivity index (χ0) is 15.4. The van der Waals surface area contributed by atoms with E-state index in [1.54, 1.807) is 24.1 Å². The van der Waals surface area contributed by atoms with Gasteiger partial charge in [-0.05, 0) is 12.0 Å². The van der Waals surface area contributed by atoms with Crippen molar-refractivity contribution in [2.75, 3.05) is 26.3 Å². The van der Waals surface area contributed by atoms with Gasteiger partial charge in [0.1, 0.15) is 6.33 Å². The maximum absolute atomic E-state index is 12.6. The lowest BCUT2D eigenvalue weighted by molar-refractivity contribution is 0.0737. The topological polar surface area (TPSA) is 73.1 Å². The summed E-state index contributed by atoms with van der Waals surface area (Å²) < 4.78 is 7.28. The molecule has 3 heterocycles. The third-order valence-corrected chi connectivity index (χ3v) is 3.72. The molecule has 116 valence electrons. The van der Waals surface area contributed by atoms with Gasteiger partial charge in [-0.25, -0.2) is 9.97 Å². The molecule has 0 aromatic carbocycles. The van der Waals surface area contributed by atoms with E-state index < -0.39 is 0 Å². The molecule has 1 atom stereocenters. The second-order valence-electron chi connectivity index (χ2n) is 5.55. The lowest BCUT2D eigenvalue weighted by Gasteiger charge is -2.23. The zero-order valence-corrected chi connectivity index (χ0v) is 12.6. The number of nitrogens with zero attached hydrogens (tertiary/aromatic N) is 5. The third-order valence-electron chi connectivity index (χ3n) is 3.72. The monoisotopic (exact) mass is 301 g/mol. The van der Waals surface area contributed by atoms with Crippen molar-refractivity contribution in [2.45, 2.75) is 6.42 Å². The number of carbonyl (C=O) groups is 1. The van der Waals surface area contributed by atoms with Crippen molar-refractivity contribution in [2.24, 2.45) is 13.0 Å². The van der Waals surface area contributed by atoms with E-state index in [0.29, 0.717) is 31.9 Å². The summed E-state index contributed by atoms with van der Waals surface area (Å²) in [5.74, 6) is 0.252. The molecule has 22 heavy (non-hydrogen) atoms. The maximum atomic E-state index is 12.6. The van der Waals surface area contributed by atoms with Gasteiger partial charge >= 0.3 is 0 Å². The molecule has 0 aliphatic carbocycles. The highest BCUT2D eigenvalue weighted by Crippen LogP contribution is 2.15. The summed E-state index contributed by atoms with van der Waals surface area (Å²) in [6.07, 6.45) is 9.29. The molecule has 2 aromatic rings. The molecule has 2 aromatic heterocycles. The fraction of sp³-hybridized carbons (Fsp3) is 0.467. The van der Waals surface area contributed by atoms with Crippen molar-refractivity contribution in [3.05, 3.63) is 42.2 Å². The van der Waals surface area contributed by atoms with Crippen molar-refractivity contribution in [1.29, 1.82) is 0 Å². The minimum Gasteiger partial charge on any atom is -0.379 e. The highest BCUT2D eigenvalue weighted by molar-refractivity contribution is 5.93. The van der Waals surface area contributed by atoms with E-state index in [0.717, 1.165) is 12.0 Å². The zero-order valence-electron chi connectivity index (χ0n) is 12.6. The minimum atomic E-state index is 0.00733. The Hall–Kier alpha value is -2.28. The van der Waals surface area contributed by atoms with Crippen molar-refractivity contribution < 1.29 is 9.53 Å². The summed E-state index contributed by atoms with van der Waals surface area (Å²) in [5, 5.41) is 4.06. The summed E-state index contributed by atoms with van der Waals surface area (Å²) in [7, 11) is 1.81. The van der Waals surface area contributed by atoms with Crippen LogP contribution >= 0.6 is 0 Å². The van der Waals surface area contributed by atoms with Gasteiger partial charge in [0.15, 0.2) is 0 Å². The van der Waals surface area contributed by atoms with E-state index in [1.807, 2.05) is 17.3 Å². The van der Waals surface area contributed by atoms with Gasteiger partial charge in [-0.1, -0.05) is 0 Å². The van der Waals surface area contributed by atoms with E-state index in [9.17, 15) is 4.79 Å². The highest BCUT2D eigenvalue weighted by Gasteiger charge is 2.24. The molecule has 1 aliphatic rings. The van der Waals surface area contributed by atoms with Crippen LogP contribution in [0.1, 0.15) is 15.9 Å². The van der Waals surface area contributed by atoms with Crippen LogP contribution in [-0.4, -0.2) is 56.9 Å². The first kappa shape index (κ1) is 14.6. The quantitative estimate of drug-likeness (QED) is 0.827. The van der Waals surface area contributed by atoms with Gasteiger partial charge in [0.25, 0.3) is 5.91 Å². The van der Waals surface area contributed by atoms with Crippen molar-refractivity contribution in [3.63, 3.8) is 0 Å². The normalized spacial score (nSPS) is 19.0. The van der Waals surface area contributed by atoms with Gasteiger partial charge in [-0.2, -0.15) is 5.10 Å². The molecule has 7 heteroatoms. The molecule has 1 amide bonds. The fourth-order valence-corrected chi connectivity index (χ4v) is 2.67. The summed E-state index contributed by atoms with van der Waals surface area (Å²) >= 11 is 0. The van der Waals surface area contributed by atoms with E-state index >= 15 is 0 Å². The molecule has 1 unspecified atom stereocenters. The first-order chi connectivity index (χ1) is 10.7. The summed E-state index contributed by atoms with van der Waals surface area (Å²) in [4.78, 5) is 22.5. The smallest absolute Gasteiger partial charge is 0.257 e. The lowest BCUT2D eigenvalue weighted by atomic mass is 10.0. The number of aromatic nitrogens is 4. The number of hydrogen-bond donors (Lipinski definition) is 0. The van der Waals surface area contributed by atoms with E-state index in [4.69, 9.17) is 4.74 Å². The van der Waals surface area contributed by atoms with Crippen LogP contribution in [-0.2, 0) is 18.2 Å². The predicted octanol–water partition coefficient (Wildman–Crippen LogP) is 0.541. The molecule has 0 spiro atoms. The predicted molar refractivity (Wildman–Crippen MR) is 79.2 cm³/mol. The van der Waals surface area contributed by atoms with Crippen LogP contribution in [0.3, 0.4) is 0 Å². The molecule has 1 aliphatic heterocycles. The van der Waals surface area contributed by atoms with Gasteiger partial charge in [-0.15, -0.1) is 0 Å². The van der Waals surface area contributed by atoms with Crippen molar-refractivity contribution >= 4 is 5.91 Å². The molecule has 0 saturated carbocycles.